The van der Waals surface area contributed by atoms with Crippen LogP contribution in [0.4, 0.5) is 0 Å². The number of rotatable bonds is 7. The lowest BCUT2D eigenvalue weighted by Crippen LogP contribution is -2.42. The number of carbonyl (C=O) groups is 2. The molecule has 20 heavy (non-hydrogen) atoms. The van der Waals surface area contributed by atoms with Crippen LogP contribution >= 0.6 is 0 Å². The molecule has 1 aromatic rings. The number of carboxylic acids is 1. The number of carbonyl (C=O) groups excluding carboxylic acids is 1. The van der Waals surface area contributed by atoms with Crippen LogP contribution in [0, 0.1) is 5.92 Å². The molecule has 0 aliphatic heterocycles. The lowest BCUT2D eigenvalue weighted by atomic mass is 10.0. The molecule has 1 aromatic heterocycles. The third-order valence-electron chi connectivity index (χ3n) is 3.04. The number of carboxylic acid groups (broad SMARTS) is 1. The highest BCUT2D eigenvalue weighted by Gasteiger charge is 2.23. The van der Waals surface area contributed by atoms with E-state index in [9.17, 15) is 9.59 Å². The molecular formula is C14H23N3O3. The molecule has 1 heterocycles. The zero-order valence-electron chi connectivity index (χ0n) is 12.5. The number of aromatic nitrogens is 2. The molecule has 6 nitrogen and oxygen atoms in total. The third-order valence-corrected chi connectivity index (χ3v) is 3.04. The Morgan fingerprint density at radius 1 is 1.40 bits per heavy atom. The minimum absolute atomic E-state index is 0.193. The average molecular weight is 281 g/mol. The smallest absolute Gasteiger partial charge is 0.326 e. The Morgan fingerprint density at radius 3 is 2.50 bits per heavy atom. The number of nitrogens with zero attached hydrogens (tertiary/aromatic N) is 2. The van der Waals surface area contributed by atoms with Crippen molar-refractivity contribution in [1.82, 2.24) is 15.1 Å². The van der Waals surface area contributed by atoms with Crippen LogP contribution in [0.2, 0.25) is 0 Å². The van der Waals surface area contributed by atoms with E-state index in [-0.39, 0.29) is 11.8 Å². The van der Waals surface area contributed by atoms with E-state index in [0.717, 1.165) is 12.1 Å². The molecule has 1 atom stereocenters. The maximum atomic E-state index is 12.2. The van der Waals surface area contributed by atoms with Crippen LogP contribution in [0.3, 0.4) is 0 Å². The van der Waals surface area contributed by atoms with Gasteiger partial charge in [-0.25, -0.2) is 4.79 Å². The fourth-order valence-corrected chi connectivity index (χ4v) is 1.99. The minimum Gasteiger partial charge on any atom is -0.480 e. The van der Waals surface area contributed by atoms with E-state index in [1.807, 2.05) is 27.7 Å². The van der Waals surface area contributed by atoms with Crippen molar-refractivity contribution >= 4 is 11.9 Å². The van der Waals surface area contributed by atoms with Gasteiger partial charge in [0.15, 0.2) is 0 Å². The first-order valence-electron chi connectivity index (χ1n) is 6.99. The summed E-state index contributed by atoms with van der Waals surface area (Å²) in [6, 6.07) is 0.848. The summed E-state index contributed by atoms with van der Waals surface area (Å²) in [5.74, 6) is -1.20. The van der Waals surface area contributed by atoms with Crippen molar-refractivity contribution in [3.05, 3.63) is 17.5 Å². The van der Waals surface area contributed by atoms with Crippen molar-refractivity contribution in [3.8, 4) is 0 Å². The summed E-state index contributed by atoms with van der Waals surface area (Å²) in [6.45, 7) is 8.28. The summed E-state index contributed by atoms with van der Waals surface area (Å²) in [4.78, 5) is 23.4. The van der Waals surface area contributed by atoms with Crippen LogP contribution in [-0.4, -0.2) is 32.8 Å². The van der Waals surface area contributed by atoms with Gasteiger partial charge in [-0.05, 0) is 31.7 Å². The molecule has 112 valence electrons. The van der Waals surface area contributed by atoms with E-state index in [4.69, 9.17) is 5.11 Å². The Morgan fingerprint density at radius 2 is 2.05 bits per heavy atom. The monoisotopic (exact) mass is 281 g/mol. The first-order valence-corrected chi connectivity index (χ1v) is 6.99. The quantitative estimate of drug-likeness (QED) is 0.796. The fraction of sp³-hybridized carbons (Fsp3) is 0.643. The van der Waals surface area contributed by atoms with E-state index in [1.165, 1.54) is 0 Å². The largest absolute Gasteiger partial charge is 0.480 e. The molecule has 2 N–H and O–H groups in total. The molecule has 0 unspecified atom stereocenters. The molecule has 1 rings (SSSR count). The van der Waals surface area contributed by atoms with Gasteiger partial charge in [-0.1, -0.05) is 20.8 Å². The molecule has 0 saturated carbocycles. The number of hydrogen-bond donors (Lipinski definition) is 2. The zero-order valence-corrected chi connectivity index (χ0v) is 12.5. The van der Waals surface area contributed by atoms with Crippen LogP contribution in [0.5, 0.6) is 0 Å². The predicted octanol–water partition coefficient (Wildman–Crippen LogP) is 1.69. The summed E-state index contributed by atoms with van der Waals surface area (Å²) in [6.07, 6.45) is 1.14. The fourth-order valence-electron chi connectivity index (χ4n) is 1.99. The number of aryl methyl sites for hydroxylation is 2. The summed E-state index contributed by atoms with van der Waals surface area (Å²) in [5.41, 5.74) is 1.24. The predicted molar refractivity (Wildman–Crippen MR) is 75.6 cm³/mol. The van der Waals surface area contributed by atoms with Gasteiger partial charge in [-0.2, -0.15) is 5.10 Å². The second-order valence-electron chi connectivity index (χ2n) is 5.18. The molecule has 0 aliphatic carbocycles. The van der Waals surface area contributed by atoms with Gasteiger partial charge >= 0.3 is 5.97 Å². The Balaban J connectivity index is 2.88. The SMILES string of the molecule is CCc1cc(C(=O)N[C@@H](CC(C)C)C(=O)O)n(CC)n1. The standard InChI is InChI=1S/C14H23N3O3/c1-5-10-8-12(17(6-2)16-10)13(18)15-11(14(19)20)7-9(3)4/h8-9,11H,5-7H2,1-4H3,(H,15,18)(H,19,20)/t11-/m0/s1. The molecule has 1 amide bonds. The van der Waals surface area contributed by atoms with E-state index < -0.39 is 12.0 Å². The molecule has 0 aliphatic rings. The maximum absolute atomic E-state index is 12.2. The normalized spacial score (nSPS) is 12.4. The third kappa shape index (κ3) is 4.08. The number of nitrogens with one attached hydrogen (secondary N) is 1. The average Bonchev–Trinajstić information content (AvgIpc) is 2.80. The molecule has 0 bridgehead atoms. The second-order valence-corrected chi connectivity index (χ2v) is 5.18. The Bertz CT molecular complexity index is 480. The van der Waals surface area contributed by atoms with Gasteiger partial charge in [0.1, 0.15) is 11.7 Å². The molecule has 0 radical (unpaired) electrons. The molecule has 0 saturated heterocycles. The molecule has 6 heteroatoms. The second kappa shape index (κ2) is 7.07. The van der Waals surface area contributed by atoms with Crippen LogP contribution in [0.25, 0.3) is 0 Å². The summed E-state index contributed by atoms with van der Waals surface area (Å²) < 4.78 is 1.60. The number of hydrogen-bond acceptors (Lipinski definition) is 3. The molecule has 0 fully saturated rings. The van der Waals surface area contributed by atoms with E-state index in [0.29, 0.717) is 18.7 Å². The van der Waals surface area contributed by atoms with Gasteiger partial charge in [0.2, 0.25) is 0 Å². The highest BCUT2D eigenvalue weighted by molar-refractivity contribution is 5.95. The molecular weight excluding hydrogens is 258 g/mol. The first kappa shape index (κ1) is 16.2. The molecule has 0 aromatic carbocycles. The number of amides is 1. The first-order chi connectivity index (χ1) is 9.38. The number of aliphatic carboxylic acids is 1. The lowest BCUT2D eigenvalue weighted by Gasteiger charge is -2.16. The Hall–Kier alpha value is -1.85. The van der Waals surface area contributed by atoms with Gasteiger partial charge in [-0.15, -0.1) is 0 Å². The van der Waals surface area contributed by atoms with Crippen LogP contribution in [-0.2, 0) is 17.8 Å². The Labute approximate surface area is 119 Å². The van der Waals surface area contributed by atoms with Crippen LogP contribution in [0.1, 0.15) is 50.3 Å². The highest BCUT2D eigenvalue weighted by Crippen LogP contribution is 2.09. The van der Waals surface area contributed by atoms with E-state index in [1.54, 1.807) is 10.7 Å². The van der Waals surface area contributed by atoms with Crippen LogP contribution in [0.15, 0.2) is 6.07 Å². The summed E-state index contributed by atoms with van der Waals surface area (Å²) in [5, 5.41) is 16.0. The zero-order chi connectivity index (χ0) is 15.3. The van der Waals surface area contributed by atoms with E-state index in [2.05, 4.69) is 10.4 Å². The Kier molecular flexibility index (Phi) is 5.73. The van der Waals surface area contributed by atoms with Crippen LogP contribution < -0.4 is 5.32 Å². The van der Waals surface area contributed by atoms with Crippen molar-refractivity contribution in [2.24, 2.45) is 5.92 Å². The van der Waals surface area contributed by atoms with Gasteiger partial charge in [0.05, 0.1) is 5.69 Å². The van der Waals surface area contributed by atoms with Gasteiger partial charge in [-0.3, -0.25) is 9.48 Å². The van der Waals surface area contributed by atoms with Gasteiger partial charge in [0.25, 0.3) is 5.91 Å². The van der Waals surface area contributed by atoms with Crippen molar-refractivity contribution in [2.75, 3.05) is 0 Å². The van der Waals surface area contributed by atoms with Crippen molar-refractivity contribution in [1.29, 1.82) is 0 Å². The summed E-state index contributed by atoms with van der Waals surface area (Å²) >= 11 is 0. The van der Waals surface area contributed by atoms with Gasteiger partial charge < -0.3 is 10.4 Å². The van der Waals surface area contributed by atoms with Crippen molar-refractivity contribution < 1.29 is 14.7 Å². The lowest BCUT2D eigenvalue weighted by molar-refractivity contribution is -0.139. The molecule has 0 spiro atoms. The maximum Gasteiger partial charge on any atom is 0.326 e. The topological polar surface area (TPSA) is 84.2 Å². The van der Waals surface area contributed by atoms with Crippen molar-refractivity contribution in [2.45, 2.75) is 53.1 Å². The summed E-state index contributed by atoms with van der Waals surface area (Å²) in [7, 11) is 0. The van der Waals surface area contributed by atoms with E-state index >= 15 is 0 Å². The van der Waals surface area contributed by atoms with Crippen molar-refractivity contribution in [3.63, 3.8) is 0 Å². The van der Waals surface area contributed by atoms with Gasteiger partial charge in [0, 0.05) is 6.54 Å². The highest BCUT2D eigenvalue weighted by atomic mass is 16.4. The minimum atomic E-state index is -1.01.